The zero-order valence-corrected chi connectivity index (χ0v) is 24.3. The van der Waals surface area contributed by atoms with E-state index < -0.39 is 36.1 Å². The molecule has 0 fully saturated rings. The lowest BCUT2D eigenvalue weighted by Crippen LogP contribution is -2.39. The quantitative estimate of drug-likeness (QED) is 0.0742. The number of carbonyl (C=O) groups is 6. The van der Waals surface area contributed by atoms with E-state index in [1.165, 1.54) is 38.2 Å². The van der Waals surface area contributed by atoms with Crippen LogP contribution in [0.15, 0.2) is 0 Å². The Morgan fingerprint density at radius 3 is 0.857 bits per heavy atom. The van der Waals surface area contributed by atoms with Crippen LogP contribution in [0.25, 0.3) is 0 Å². The molecule has 42 heavy (non-hydrogen) atoms. The molecule has 0 unspecified atom stereocenters. The number of carbonyl (C=O) groups excluding carboxylic acids is 6. The Hall–Kier alpha value is -3.74. The van der Waals surface area contributed by atoms with E-state index in [-0.39, 0.29) is 92.2 Å². The molecule has 0 aromatic carbocycles. The van der Waals surface area contributed by atoms with Crippen LogP contribution in [0.3, 0.4) is 0 Å². The Morgan fingerprint density at radius 1 is 0.405 bits per heavy atom. The van der Waals surface area contributed by atoms with Gasteiger partial charge in [-0.25, -0.2) is 28.8 Å². The van der Waals surface area contributed by atoms with Crippen LogP contribution in [0, 0.1) is 0 Å². The smallest absolute Gasteiger partial charge is 0.410 e. The highest BCUT2D eigenvalue weighted by Crippen LogP contribution is 1.99. The van der Waals surface area contributed by atoms with Crippen LogP contribution in [-0.4, -0.2) is 167 Å². The monoisotopic (exact) mass is 612 g/mol. The number of methoxy groups -OCH3 is 4. The minimum atomic E-state index is -0.793. The van der Waals surface area contributed by atoms with Crippen LogP contribution in [0.4, 0.5) is 9.59 Å². The van der Waals surface area contributed by atoms with Crippen LogP contribution in [-0.2, 0) is 66.5 Å². The molecule has 0 aromatic rings. The number of ether oxygens (including phenoxy) is 10. The van der Waals surface area contributed by atoms with Crippen molar-refractivity contribution in [3.8, 4) is 0 Å². The third kappa shape index (κ3) is 20.2. The van der Waals surface area contributed by atoms with Gasteiger partial charge in [0.05, 0.1) is 54.9 Å². The van der Waals surface area contributed by atoms with Crippen molar-refractivity contribution in [2.45, 2.75) is 0 Å². The predicted molar refractivity (Wildman–Crippen MR) is 137 cm³/mol. The summed E-state index contributed by atoms with van der Waals surface area (Å²) in [6.07, 6.45) is -1.59. The summed E-state index contributed by atoms with van der Waals surface area (Å²) >= 11 is 0. The van der Waals surface area contributed by atoms with E-state index in [4.69, 9.17) is 28.4 Å². The van der Waals surface area contributed by atoms with Gasteiger partial charge in [0.2, 0.25) is 0 Å². The van der Waals surface area contributed by atoms with Gasteiger partial charge in [-0.15, -0.1) is 0 Å². The van der Waals surface area contributed by atoms with Gasteiger partial charge in [-0.2, -0.15) is 0 Å². The van der Waals surface area contributed by atoms with Crippen LogP contribution >= 0.6 is 0 Å². The van der Waals surface area contributed by atoms with Crippen LogP contribution in [0.2, 0.25) is 0 Å². The molecule has 0 atom stereocenters. The van der Waals surface area contributed by atoms with Gasteiger partial charge in [-0.1, -0.05) is 0 Å². The Kier molecular flexibility index (Phi) is 22.8. The van der Waals surface area contributed by atoms with Gasteiger partial charge in [0.15, 0.2) is 0 Å². The normalized spacial score (nSPS) is 10.3. The van der Waals surface area contributed by atoms with E-state index in [0.29, 0.717) is 0 Å². The summed E-state index contributed by atoms with van der Waals surface area (Å²) in [7, 11) is 4.83. The number of hydrogen-bond acceptors (Lipinski definition) is 16. The van der Waals surface area contributed by atoms with Gasteiger partial charge in [0.1, 0.15) is 39.6 Å². The van der Waals surface area contributed by atoms with E-state index in [2.05, 4.69) is 18.9 Å². The van der Waals surface area contributed by atoms with Crippen molar-refractivity contribution >= 4 is 36.1 Å². The summed E-state index contributed by atoms with van der Waals surface area (Å²) < 4.78 is 48.8. The Balaban J connectivity index is 4.77. The highest BCUT2D eigenvalue weighted by molar-refractivity contribution is 5.71. The molecule has 18 nitrogen and oxygen atoms in total. The maximum absolute atomic E-state index is 12.5. The van der Waals surface area contributed by atoms with Crippen LogP contribution in [0.5, 0.6) is 0 Å². The second-order valence-electron chi connectivity index (χ2n) is 7.72. The molecule has 2 amide bonds. The summed E-state index contributed by atoms with van der Waals surface area (Å²) in [6.45, 7) is -1.91. The van der Waals surface area contributed by atoms with Crippen molar-refractivity contribution in [2.75, 3.05) is 121 Å². The molecular formula is C24H40N2O16. The van der Waals surface area contributed by atoms with Gasteiger partial charge in [-0.3, -0.25) is 0 Å². The maximum atomic E-state index is 12.5. The lowest BCUT2D eigenvalue weighted by molar-refractivity contribution is -0.147. The van der Waals surface area contributed by atoms with E-state index in [1.807, 2.05) is 0 Å². The predicted octanol–water partition coefficient (Wildman–Crippen LogP) is -1.38. The Labute approximate surface area is 243 Å². The van der Waals surface area contributed by atoms with Crippen molar-refractivity contribution in [1.29, 1.82) is 0 Å². The van der Waals surface area contributed by atoms with Gasteiger partial charge >= 0.3 is 36.1 Å². The topological polar surface area (TPSA) is 201 Å². The third-order valence-electron chi connectivity index (χ3n) is 4.86. The van der Waals surface area contributed by atoms with Gasteiger partial charge in [-0.05, 0) is 0 Å². The maximum Gasteiger partial charge on any atom is 0.410 e. The number of esters is 4. The van der Waals surface area contributed by atoms with Gasteiger partial charge in [0.25, 0.3) is 0 Å². The molecule has 0 bridgehead atoms. The first-order valence-electron chi connectivity index (χ1n) is 12.6. The number of hydrogen-bond donors (Lipinski definition) is 0. The molecule has 0 aliphatic carbocycles. The molecule has 0 radical (unpaired) electrons. The lowest BCUT2D eigenvalue weighted by Gasteiger charge is -2.23. The van der Waals surface area contributed by atoms with Crippen LogP contribution in [0.1, 0.15) is 0 Å². The fourth-order valence-electron chi connectivity index (χ4n) is 2.59. The molecule has 0 N–H and O–H groups in total. The van der Waals surface area contributed by atoms with E-state index in [1.54, 1.807) is 0 Å². The average Bonchev–Trinajstić information content (AvgIpc) is 3.00. The third-order valence-corrected chi connectivity index (χ3v) is 4.86. The number of nitrogens with zero attached hydrogens (tertiary/aromatic N) is 2. The molecule has 0 saturated heterocycles. The van der Waals surface area contributed by atoms with Crippen molar-refractivity contribution in [1.82, 2.24) is 9.80 Å². The zero-order valence-electron chi connectivity index (χ0n) is 24.3. The summed E-state index contributed by atoms with van der Waals surface area (Å²) in [4.78, 5) is 72.3. The molecular weight excluding hydrogens is 572 g/mol. The molecule has 0 saturated carbocycles. The highest BCUT2D eigenvalue weighted by atomic mass is 16.6. The number of rotatable bonds is 23. The number of amides is 2. The SMILES string of the molecule is COC(=O)COCCN(CCOCC(=O)OC)C(=O)OCCOC(=O)N(CCOCC(=O)OC)CCOCC(=O)OC. The molecule has 0 aromatic heterocycles. The van der Waals surface area contributed by atoms with E-state index in [9.17, 15) is 28.8 Å². The fourth-order valence-corrected chi connectivity index (χ4v) is 2.59. The summed E-state index contributed by atoms with van der Waals surface area (Å²) in [6, 6.07) is 0. The first kappa shape index (κ1) is 38.3. The van der Waals surface area contributed by atoms with Crippen LogP contribution < -0.4 is 0 Å². The van der Waals surface area contributed by atoms with Crippen molar-refractivity contribution in [3.63, 3.8) is 0 Å². The second-order valence-corrected chi connectivity index (χ2v) is 7.72. The summed E-state index contributed by atoms with van der Waals surface area (Å²) in [5.74, 6) is -2.36. The van der Waals surface area contributed by atoms with Crippen molar-refractivity contribution < 1.29 is 76.1 Å². The molecule has 18 heteroatoms. The summed E-state index contributed by atoms with van der Waals surface area (Å²) in [5, 5.41) is 0. The van der Waals surface area contributed by atoms with Gasteiger partial charge < -0.3 is 57.2 Å². The van der Waals surface area contributed by atoms with Crippen molar-refractivity contribution in [2.24, 2.45) is 0 Å². The Morgan fingerprint density at radius 2 is 0.643 bits per heavy atom. The standard InChI is InChI=1S/C24H40N2O16/c1-33-19(27)15-37-9-5-25(6-10-38-16-20(28)34-2)23(31)41-13-14-42-24(32)26(7-11-39-17-21(29)35-3)8-12-40-18-22(30)36-4/h5-18H2,1-4H3. The van der Waals surface area contributed by atoms with Gasteiger partial charge in [0, 0.05) is 26.2 Å². The molecule has 0 spiro atoms. The second kappa shape index (κ2) is 25.0. The Bertz CT molecular complexity index is 710. The van der Waals surface area contributed by atoms with E-state index in [0.717, 1.165) is 0 Å². The molecule has 0 aliphatic rings. The fraction of sp³-hybridized carbons (Fsp3) is 0.750. The van der Waals surface area contributed by atoms with E-state index >= 15 is 0 Å². The molecule has 242 valence electrons. The molecule has 0 rings (SSSR count). The molecule has 0 heterocycles. The lowest BCUT2D eigenvalue weighted by atomic mass is 10.5. The molecule has 0 aliphatic heterocycles. The minimum Gasteiger partial charge on any atom is -0.467 e. The van der Waals surface area contributed by atoms with Crippen molar-refractivity contribution in [3.05, 3.63) is 0 Å². The largest absolute Gasteiger partial charge is 0.467 e. The average molecular weight is 613 g/mol. The summed E-state index contributed by atoms with van der Waals surface area (Å²) in [5.41, 5.74) is 0. The first-order chi connectivity index (χ1) is 20.2. The zero-order chi connectivity index (χ0) is 31.6. The first-order valence-corrected chi connectivity index (χ1v) is 12.6. The highest BCUT2D eigenvalue weighted by Gasteiger charge is 2.18. The minimum absolute atomic E-state index is 0.0160.